The number of nitrogens with zero attached hydrogens (tertiary/aromatic N) is 2. The van der Waals surface area contributed by atoms with Crippen LogP contribution in [0.1, 0.15) is 45.6 Å². The zero-order chi connectivity index (χ0) is 27.6. The Morgan fingerprint density at radius 2 is 1.65 bits per heavy atom. The minimum atomic E-state index is -3.84. The van der Waals surface area contributed by atoms with E-state index < -0.39 is 28.5 Å². The Bertz CT molecular complexity index is 1140. The third kappa shape index (κ3) is 8.79. The van der Waals surface area contributed by atoms with Crippen molar-refractivity contribution < 1.29 is 22.7 Å². The van der Waals surface area contributed by atoms with Crippen molar-refractivity contribution in [2.24, 2.45) is 0 Å². The molecule has 2 amide bonds. The van der Waals surface area contributed by atoms with Gasteiger partial charge in [-0.15, -0.1) is 0 Å². The monoisotopic (exact) mass is 571 g/mol. The largest absolute Gasteiger partial charge is 0.494 e. The molecule has 0 bridgehead atoms. The van der Waals surface area contributed by atoms with Crippen molar-refractivity contribution in [2.75, 3.05) is 30.3 Å². The van der Waals surface area contributed by atoms with Gasteiger partial charge in [-0.25, -0.2) is 8.42 Å². The number of benzene rings is 2. The van der Waals surface area contributed by atoms with E-state index in [0.29, 0.717) is 46.6 Å². The summed E-state index contributed by atoms with van der Waals surface area (Å²) in [6, 6.07) is 10.6. The highest BCUT2D eigenvalue weighted by Gasteiger charge is 2.32. The molecule has 11 heteroatoms. The number of amides is 2. The highest BCUT2D eigenvalue weighted by molar-refractivity contribution is 7.92. The summed E-state index contributed by atoms with van der Waals surface area (Å²) in [7, 11) is -3.84. The van der Waals surface area contributed by atoms with Gasteiger partial charge in [0.15, 0.2) is 0 Å². The molecule has 0 spiro atoms. The predicted octanol–water partition coefficient (Wildman–Crippen LogP) is 4.88. The van der Waals surface area contributed by atoms with Crippen LogP contribution < -0.4 is 14.4 Å². The van der Waals surface area contributed by atoms with Gasteiger partial charge >= 0.3 is 0 Å². The van der Waals surface area contributed by atoms with E-state index in [1.54, 1.807) is 49.4 Å². The number of nitrogens with one attached hydrogen (secondary N) is 1. The number of hydrogen-bond donors (Lipinski definition) is 1. The smallest absolute Gasteiger partial charge is 0.244 e. The Labute approximate surface area is 229 Å². The molecule has 8 nitrogen and oxygen atoms in total. The van der Waals surface area contributed by atoms with Crippen LogP contribution in [0.3, 0.4) is 0 Å². The molecule has 0 aliphatic rings. The van der Waals surface area contributed by atoms with E-state index in [-0.39, 0.29) is 12.5 Å². The Morgan fingerprint density at radius 3 is 2.16 bits per heavy atom. The lowest BCUT2D eigenvalue weighted by atomic mass is 10.1. The lowest BCUT2D eigenvalue weighted by molar-refractivity contribution is -0.140. The molecule has 0 heterocycles. The van der Waals surface area contributed by atoms with Crippen LogP contribution in [-0.2, 0) is 26.2 Å². The number of halogens is 2. The van der Waals surface area contributed by atoms with Crippen LogP contribution in [0.2, 0.25) is 10.0 Å². The van der Waals surface area contributed by atoms with E-state index in [2.05, 4.69) is 5.32 Å². The number of sulfonamides is 1. The lowest BCUT2D eigenvalue weighted by Crippen LogP contribution is -2.52. The quantitative estimate of drug-likeness (QED) is 0.326. The van der Waals surface area contributed by atoms with Gasteiger partial charge in [-0.05, 0) is 56.2 Å². The van der Waals surface area contributed by atoms with E-state index in [9.17, 15) is 18.0 Å². The second-order valence-electron chi connectivity index (χ2n) is 8.49. The van der Waals surface area contributed by atoms with E-state index in [1.165, 1.54) is 4.90 Å². The molecular formula is C26H35Cl2N3O5S. The molecule has 0 saturated heterocycles. The molecule has 0 unspecified atom stereocenters. The number of carbonyl (C=O) groups is 2. The predicted molar refractivity (Wildman–Crippen MR) is 149 cm³/mol. The first-order valence-electron chi connectivity index (χ1n) is 12.2. The second-order valence-corrected chi connectivity index (χ2v) is 11.2. The minimum Gasteiger partial charge on any atom is -0.494 e. The van der Waals surface area contributed by atoms with Gasteiger partial charge < -0.3 is 15.0 Å². The first-order valence-corrected chi connectivity index (χ1v) is 14.8. The van der Waals surface area contributed by atoms with Crippen LogP contribution in [-0.4, -0.2) is 57.1 Å². The van der Waals surface area contributed by atoms with Crippen molar-refractivity contribution in [1.29, 1.82) is 0 Å². The molecule has 37 heavy (non-hydrogen) atoms. The third-order valence-electron chi connectivity index (χ3n) is 5.72. The number of carbonyl (C=O) groups excluding carboxylic acids is 2. The summed E-state index contributed by atoms with van der Waals surface area (Å²) >= 11 is 12.8. The SMILES string of the molecule is CCCCNC(=O)[C@@H](CC)N(Cc1c(Cl)cccc1Cl)C(=O)CN(c1ccc(OCC)cc1)S(C)(=O)=O. The van der Waals surface area contributed by atoms with Gasteiger partial charge in [0, 0.05) is 28.7 Å². The van der Waals surface area contributed by atoms with Crippen LogP contribution in [0.25, 0.3) is 0 Å². The van der Waals surface area contributed by atoms with E-state index in [0.717, 1.165) is 23.4 Å². The summed E-state index contributed by atoms with van der Waals surface area (Å²) in [4.78, 5) is 28.2. The van der Waals surface area contributed by atoms with E-state index in [1.807, 2.05) is 13.8 Å². The zero-order valence-corrected chi connectivity index (χ0v) is 24.0. The summed E-state index contributed by atoms with van der Waals surface area (Å²) < 4.78 is 31.9. The molecule has 0 fully saturated rings. The first-order chi connectivity index (χ1) is 17.5. The van der Waals surface area contributed by atoms with Gasteiger partial charge in [-0.2, -0.15) is 0 Å². The molecule has 1 atom stereocenters. The van der Waals surface area contributed by atoms with Crippen molar-refractivity contribution in [2.45, 2.75) is 52.6 Å². The molecule has 0 aromatic heterocycles. The van der Waals surface area contributed by atoms with Gasteiger partial charge in [0.05, 0.1) is 18.6 Å². The van der Waals surface area contributed by atoms with E-state index >= 15 is 0 Å². The zero-order valence-electron chi connectivity index (χ0n) is 21.7. The summed E-state index contributed by atoms with van der Waals surface area (Å²) in [6.45, 7) is 6.02. The molecule has 2 rings (SSSR count). The number of unbranched alkanes of at least 4 members (excludes halogenated alkanes) is 1. The maximum atomic E-state index is 13.7. The molecule has 2 aromatic carbocycles. The number of rotatable bonds is 14. The van der Waals surface area contributed by atoms with Crippen LogP contribution in [0.5, 0.6) is 5.75 Å². The molecule has 0 aliphatic carbocycles. The highest BCUT2D eigenvalue weighted by atomic mass is 35.5. The lowest BCUT2D eigenvalue weighted by Gasteiger charge is -2.33. The molecule has 2 aromatic rings. The minimum absolute atomic E-state index is 0.0576. The Hall–Kier alpha value is -2.49. The molecule has 1 N–H and O–H groups in total. The van der Waals surface area contributed by atoms with Crippen LogP contribution >= 0.6 is 23.2 Å². The topological polar surface area (TPSA) is 96.0 Å². The van der Waals surface area contributed by atoms with Crippen molar-refractivity contribution in [3.05, 3.63) is 58.1 Å². The fourth-order valence-electron chi connectivity index (χ4n) is 3.77. The van der Waals surface area contributed by atoms with Gasteiger partial charge in [0.25, 0.3) is 0 Å². The van der Waals surface area contributed by atoms with Crippen LogP contribution in [0.15, 0.2) is 42.5 Å². The molecule has 0 radical (unpaired) electrons. The molecule has 204 valence electrons. The molecule has 0 saturated carbocycles. The molecule has 0 aliphatic heterocycles. The fourth-order valence-corrected chi connectivity index (χ4v) is 5.13. The average Bonchev–Trinajstić information content (AvgIpc) is 2.84. The fraction of sp³-hybridized carbons (Fsp3) is 0.462. The van der Waals surface area contributed by atoms with Crippen molar-refractivity contribution in [3.8, 4) is 5.75 Å². The number of anilines is 1. The average molecular weight is 573 g/mol. The van der Waals surface area contributed by atoms with Gasteiger partial charge in [0.1, 0.15) is 18.3 Å². The van der Waals surface area contributed by atoms with Gasteiger partial charge in [-0.1, -0.05) is 49.5 Å². The summed E-state index contributed by atoms with van der Waals surface area (Å²) in [6.07, 6.45) is 3.04. The van der Waals surface area contributed by atoms with Crippen LogP contribution in [0.4, 0.5) is 5.69 Å². The van der Waals surface area contributed by atoms with Gasteiger partial charge in [0.2, 0.25) is 21.8 Å². The van der Waals surface area contributed by atoms with Gasteiger partial charge in [-0.3, -0.25) is 13.9 Å². The Morgan fingerprint density at radius 1 is 1.03 bits per heavy atom. The Kier molecular flexibility index (Phi) is 12.0. The summed E-state index contributed by atoms with van der Waals surface area (Å²) in [5.41, 5.74) is 0.779. The standard InChI is InChI=1S/C26H35Cl2N3O5S/c1-5-8-16-29-26(33)24(6-2)30(17-21-22(27)10-9-11-23(21)28)25(32)18-31(37(4,34)35)19-12-14-20(15-13-19)36-7-3/h9-15,24H,5-8,16-18H2,1-4H3,(H,29,33)/t24-/m1/s1. The van der Waals surface area contributed by atoms with Crippen molar-refractivity contribution in [1.82, 2.24) is 10.2 Å². The Balaban J connectivity index is 2.44. The van der Waals surface area contributed by atoms with E-state index in [4.69, 9.17) is 27.9 Å². The number of ether oxygens (including phenoxy) is 1. The van der Waals surface area contributed by atoms with Crippen molar-refractivity contribution in [3.63, 3.8) is 0 Å². The maximum absolute atomic E-state index is 13.7. The normalized spacial score (nSPS) is 12.1. The second kappa shape index (κ2) is 14.4. The highest BCUT2D eigenvalue weighted by Crippen LogP contribution is 2.28. The first kappa shape index (κ1) is 30.7. The summed E-state index contributed by atoms with van der Waals surface area (Å²) in [5, 5.41) is 3.56. The third-order valence-corrected chi connectivity index (χ3v) is 7.57. The van der Waals surface area contributed by atoms with Crippen LogP contribution in [0, 0.1) is 0 Å². The van der Waals surface area contributed by atoms with Crippen molar-refractivity contribution >= 4 is 50.7 Å². The number of hydrogen-bond acceptors (Lipinski definition) is 5. The maximum Gasteiger partial charge on any atom is 0.244 e. The summed E-state index contributed by atoms with van der Waals surface area (Å²) in [5.74, 6) is -0.303. The molecular weight excluding hydrogens is 537 g/mol.